The Hall–Kier alpha value is -1.94. The first-order valence-corrected chi connectivity index (χ1v) is 8.67. The molecule has 1 saturated heterocycles. The lowest BCUT2D eigenvalue weighted by atomic mass is 10.1. The fourth-order valence-electron chi connectivity index (χ4n) is 2.94. The highest BCUT2D eigenvalue weighted by Gasteiger charge is 2.14. The summed E-state index contributed by atoms with van der Waals surface area (Å²) in [6, 6.07) is 10.7. The van der Waals surface area contributed by atoms with Crippen molar-refractivity contribution in [1.29, 1.82) is 0 Å². The van der Waals surface area contributed by atoms with Crippen molar-refractivity contribution in [2.75, 3.05) is 31.1 Å². The van der Waals surface area contributed by atoms with Gasteiger partial charge in [0.1, 0.15) is 5.82 Å². The van der Waals surface area contributed by atoms with Crippen molar-refractivity contribution in [1.82, 2.24) is 15.3 Å². The third-order valence-electron chi connectivity index (χ3n) is 4.25. The highest BCUT2D eigenvalue weighted by molar-refractivity contribution is 5.58. The first-order valence-electron chi connectivity index (χ1n) is 8.67. The van der Waals surface area contributed by atoms with E-state index in [2.05, 4.69) is 54.4 Å². The van der Waals surface area contributed by atoms with E-state index in [1.807, 2.05) is 0 Å². The lowest BCUT2D eigenvalue weighted by Crippen LogP contribution is -2.29. The van der Waals surface area contributed by atoms with Gasteiger partial charge in [0.25, 0.3) is 0 Å². The van der Waals surface area contributed by atoms with E-state index in [0.717, 1.165) is 68.3 Å². The van der Waals surface area contributed by atoms with Gasteiger partial charge in [-0.1, -0.05) is 43.2 Å². The molecular formula is C19H26N4. The molecule has 0 atom stereocenters. The largest absolute Gasteiger partial charge is 0.355 e. The summed E-state index contributed by atoms with van der Waals surface area (Å²) in [5.41, 5.74) is 3.50. The summed E-state index contributed by atoms with van der Waals surface area (Å²) in [7, 11) is 0. The van der Waals surface area contributed by atoms with Crippen LogP contribution in [-0.2, 0) is 6.42 Å². The van der Waals surface area contributed by atoms with Crippen molar-refractivity contribution in [2.45, 2.75) is 33.1 Å². The topological polar surface area (TPSA) is 41.0 Å². The van der Waals surface area contributed by atoms with Crippen molar-refractivity contribution < 1.29 is 0 Å². The second kappa shape index (κ2) is 7.55. The van der Waals surface area contributed by atoms with Gasteiger partial charge in [0.05, 0.1) is 0 Å². The maximum absolute atomic E-state index is 4.87. The minimum Gasteiger partial charge on any atom is -0.355 e. The Bertz CT molecular complexity index is 628. The first kappa shape index (κ1) is 15.9. The molecule has 0 unspecified atom stereocenters. The Labute approximate surface area is 139 Å². The minimum atomic E-state index is 0.850. The van der Waals surface area contributed by atoms with Gasteiger partial charge in [-0.25, -0.2) is 9.97 Å². The molecule has 23 heavy (non-hydrogen) atoms. The second-order valence-electron chi connectivity index (χ2n) is 6.25. The highest BCUT2D eigenvalue weighted by Crippen LogP contribution is 2.22. The first-order chi connectivity index (χ1) is 11.3. The molecule has 0 radical (unpaired) electrons. The minimum absolute atomic E-state index is 0.850. The van der Waals surface area contributed by atoms with Crippen LogP contribution in [0.3, 0.4) is 0 Å². The van der Waals surface area contributed by atoms with Crippen LogP contribution in [0.1, 0.15) is 31.0 Å². The zero-order chi connectivity index (χ0) is 16.1. The van der Waals surface area contributed by atoms with Crippen LogP contribution in [0, 0.1) is 6.92 Å². The van der Waals surface area contributed by atoms with E-state index >= 15 is 0 Å². The Morgan fingerprint density at radius 1 is 1.09 bits per heavy atom. The van der Waals surface area contributed by atoms with Gasteiger partial charge < -0.3 is 10.2 Å². The number of hydrogen-bond donors (Lipinski definition) is 1. The Kier molecular flexibility index (Phi) is 5.23. The molecule has 1 fully saturated rings. The highest BCUT2D eigenvalue weighted by atomic mass is 15.2. The number of nitrogens with zero attached hydrogens (tertiary/aromatic N) is 3. The molecule has 4 nitrogen and oxygen atoms in total. The van der Waals surface area contributed by atoms with Gasteiger partial charge in [-0.15, -0.1) is 0 Å². The van der Waals surface area contributed by atoms with Gasteiger partial charge in [0.2, 0.25) is 0 Å². The van der Waals surface area contributed by atoms with Crippen LogP contribution in [0.2, 0.25) is 0 Å². The summed E-state index contributed by atoms with van der Waals surface area (Å²) in [5.74, 6) is 1.92. The summed E-state index contributed by atoms with van der Waals surface area (Å²) >= 11 is 0. The predicted octanol–water partition coefficient (Wildman–Crippen LogP) is 3.20. The lowest BCUT2D eigenvalue weighted by Gasteiger charge is -2.22. The van der Waals surface area contributed by atoms with Gasteiger partial charge in [-0.3, -0.25) is 0 Å². The third kappa shape index (κ3) is 4.08. The summed E-state index contributed by atoms with van der Waals surface area (Å²) in [6.45, 7) is 8.48. The average Bonchev–Trinajstić information content (AvgIpc) is 2.85. The van der Waals surface area contributed by atoms with Gasteiger partial charge in [-0.05, 0) is 26.3 Å². The SMILES string of the molecule is CCCc1cc(N2CCCNCC2)nc(-c2ccc(C)cc2)n1. The molecule has 1 aromatic carbocycles. The van der Waals surface area contributed by atoms with Crippen molar-refractivity contribution in [3.05, 3.63) is 41.6 Å². The van der Waals surface area contributed by atoms with Crippen molar-refractivity contribution in [3.8, 4) is 11.4 Å². The van der Waals surface area contributed by atoms with Crippen LogP contribution in [0.5, 0.6) is 0 Å². The van der Waals surface area contributed by atoms with Crippen molar-refractivity contribution in [2.24, 2.45) is 0 Å². The second-order valence-corrected chi connectivity index (χ2v) is 6.25. The van der Waals surface area contributed by atoms with Crippen LogP contribution in [0.4, 0.5) is 5.82 Å². The average molecular weight is 310 g/mol. The predicted molar refractivity (Wildman–Crippen MR) is 95.9 cm³/mol. The van der Waals surface area contributed by atoms with Crippen LogP contribution >= 0.6 is 0 Å². The number of nitrogens with one attached hydrogen (secondary N) is 1. The number of aromatic nitrogens is 2. The van der Waals surface area contributed by atoms with E-state index in [1.54, 1.807) is 0 Å². The Morgan fingerprint density at radius 2 is 1.91 bits per heavy atom. The molecule has 122 valence electrons. The van der Waals surface area contributed by atoms with Gasteiger partial charge in [0.15, 0.2) is 5.82 Å². The molecule has 0 amide bonds. The van der Waals surface area contributed by atoms with Crippen LogP contribution in [0.15, 0.2) is 30.3 Å². The monoisotopic (exact) mass is 310 g/mol. The number of benzene rings is 1. The quantitative estimate of drug-likeness (QED) is 0.941. The van der Waals surface area contributed by atoms with Crippen molar-refractivity contribution in [3.63, 3.8) is 0 Å². The molecule has 1 aliphatic heterocycles. The third-order valence-corrected chi connectivity index (χ3v) is 4.25. The molecule has 2 aromatic rings. The van der Waals surface area contributed by atoms with Gasteiger partial charge in [0, 0.05) is 37.0 Å². The van der Waals surface area contributed by atoms with E-state index in [1.165, 1.54) is 5.56 Å². The fourth-order valence-corrected chi connectivity index (χ4v) is 2.94. The molecule has 0 spiro atoms. The maximum Gasteiger partial charge on any atom is 0.161 e. The van der Waals surface area contributed by atoms with E-state index in [4.69, 9.17) is 9.97 Å². The van der Waals surface area contributed by atoms with E-state index in [0.29, 0.717) is 0 Å². The van der Waals surface area contributed by atoms with E-state index in [9.17, 15) is 0 Å². The Balaban J connectivity index is 1.96. The van der Waals surface area contributed by atoms with Crippen LogP contribution < -0.4 is 10.2 Å². The summed E-state index contributed by atoms with van der Waals surface area (Å²) < 4.78 is 0. The summed E-state index contributed by atoms with van der Waals surface area (Å²) in [6.07, 6.45) is 3.26. The van der Waals surface area contributed by atoms with Gasteiger partial charge >= 0.3 is 0 Å². The number of aryl methyl sites for hydroxylation is 2. The molecule has 3 rings (SSSR count). The van der Waals surface area contributed by atoms with Crippen LogP contribution in [-0.4, -0.2) is 36.1 Å². The zero-order valence-electron chi connectivity index (χ0n) is 14.2. The lowest BCUT2D eigenvalue weighted by molar-refractivity contribution is 0.724. The molecular weight excluding hydrogens is 284 g/mol. The zero-order valence-corrected chi connectivity index (χ0v) is 14.2. The number of anilines is 1. The molecule has 0 bridgehead atoms. The molecule has 0 saturated carbocycles. The number of hydrogen-bond acceptors (Lipinski definition) is 4. The smallest absolute Gasteiger partial charge is 0.161 e. The van der Waals surface area contributed by atoms with Gasteiger partial charge in [-0.2, -0.15) is 0 Å². The summed E-state index contributed by atoms with van der Waals surface area (Å²) in [5, 5.41) is 3.45. The Morgan fingerprint density at radius 3 is 2.70 bits per heavy atom. The molecule has 1 aliphatic rings. The maximum atomic E-state index is 4.87. The van der Waals surface area contributed by atoms with Crippen molar-refractivity contribution >= 4 is 5.82 Å². The van der Waals surface area contributed by atoms with E-state index < -0.39 is 0 Å². The summed E-state index contributed by atoms with van der Waals surface area (Å²) in [4.78, 5) is 12.0. The molecule has 2 heterocycles. The standard InChI is InChI=1S/C19H26N4/c1-3-5-17-14-18(23-12-4-10-20-11-13-23)22-19(21-17)16-8-6-15(2)7-9-16/h6-9,14,20H,3-5,10-13H2,1-2H3. The normalized spacial score (nSPS) is 15.5. The molecule has 1 aromatic heterocycles. The molecule has 0 aliphatic carbocycles. The molecule has 4 heteroatoms. The van der Waals surface area contributed by atoms with Crippen LogP contribution in [0.25, 0.3) is 11.4 Å². The fraction of sp³-hybridized carbons (Fsp3) is 0.474. The number of rotatable bonds is 4. The molecule has 1 N–H and O–H groups in total. The van der Waals surface area contributed by atoms with E-state index in [-0.39, 0.29) is 0 Å².